The zero-order valence-electron chi connectivity index (χ0n) is 17.7. The van der Waals surface area contributed by atoms with Crippen LogP contribution in [0.25, 0.3) is 0 Å². The first kappa shape index (κ1) is 22.8. The quantitative estimate of drug-likeness (QED) is 0.485. The molecule has 0 aromatic heterocycles. The number of phenolic OH excluding ortho intramolecular Hbond substituents is 1. The number of anilines is 1. The summed E-state index contributed by atoms with van der Waals surface area (Å²) in [7, 11) is 1.44. The summed E-state index contributed by atoms with van der Waals surface area (Å²) in [5.74, 6) is 0.149. The van der Waals surface area contributed by atoms with Gasteiger partial charge in [-0.1, -0.05) is 19.1 Å². The third-order valence-electron chi connectivity index (χ3n) is 4.95. The number of benzene rings is 2. The molecule has 1 amide bonds. The zero-order valence-corrected chi connectivity index (χ0v) is 17.7. The lowest BCUT2D eigenvalue weighted by atomic mass is 9.92. The fraction of sp³-hybridized carbons (Fsp3) is 0.304. The molecule has 9 heteroatoms. The Morgan fingerprint density at radius 1 is 1.19 bits per heavy atom. The Bertz CT molecular complexity index is 1000. The third-order valence-corrected chi connectivity index (χ3v) is 4.95. The Balaban J connectivity index is 1.74. The lowest BCUT2D eigenvalue weighted by Crippen LogP contribution is -2.22. The summed E-state index contributed by atoms with van der Waals surface area (Å²) < 4.78 is 21.4. The van der Waals surface area contributed by atoms with Crippen molar-refractivity contribution in [3.8, 4) is 23.0 Å². The molecule has 2 atom stereocenters. The van der Waals surface area contributed by atoms with Crippen LogP contribution < -0.4 is 19.5 Å². The predicted molar refractivity (Wildman–Crippen MR) is 115 cm³/mol. The van der Waals surface area contributed by atoms with Crippen LogP contribution in [0.2, 0.25) is 0 Å². The van der Waals surface area contributed by atoms with E-state index in [0.717, 1.165) is 6.08 Å². The summed E-state index contributed by atoms with van der Waals surface area (Å²) in [6.45, 7) is 2.01. The summed E-state index contributed by atoms with van der Waals surface area (Å²) in [5, 5.41) is 21.6. The maximum absolute atomic E-state index is 12.6. The number of rotatable bonds is 9. The highest BCUT2D eigenvalue weighted by Gasteiger charge is 2.25. The molecule has 32 heavy (non-hydrogen) atoms. The number of nitrogens with one attached hydrogen (secondary N) is 1. The maximum atomic E-state index is 12.6. The number of methoxy groups -OCH3 is 1. The molecule has 9 nitrogen and oxygen atoms in total. The first-order valence-corrected chi connectivity index (χ1v) is 10.0. The van der Waals surface area contributed by atoms with Crippen LogP contribution in [0.1, 0.15) is 31.4 Å². The summed E-state index contributed by atoms with van der Waals surface area (Å²) in [5.41, 5.74) is 1.06. The molecule has 0 aliphatic carbocycles. The SMILES string of the molecule is COc1ccc([C@@H](OC(=O)Nc2ccc3c(c2)OCO3)[C@H](C)CC/C=C/C(=O)O)cc1O. The number of aliphatic carboxylic acids is 1. The van der Waals surface area contributed by atoms with Crippen molar-refractivity contribution in [3.05, 3.63) is 54.1 Å². The number of allylic oxidation sites excluding steroid dienone is 1. The van der Waals surface area contributed by atoms with Gasteiger partial charge in [0, 0.05) is 17.8 Å². The highest BCUT2D eigenvalue weighted by atomic mass is 16.7. The van der Waals surface area contributed by atoms with Gasteiger partial charge in [0.15, 0.2) is 23.0 Å². The van der Waals surface area contributed by atoms with Crippen LogP contribution in [0, 0.1) is 5.92 Å². The monoisotopic (exact) mass is 443 g/mol. The number of carboxylic acids is 1. The minimum Gasteiger partial charge on any atom is -0.504 e. The molecule has 1 aliphatic heterocycles. The van der Waals surface area contributed by atoms with E-state index in [2.05, 4.69) is 5.32 Å². The van der Waals surface area contributed by atoms with Crippen molar-refractivity contribution in [2.45, 2.75) is 25.9 Å². The molecular formula is C23H25NO8. The van der Waals surface area contributed by atoms with Gasteiger partial charge in [0.1, 0.15) is 6.10 Å². The number of phenols is 1. The van der Waals surface area contributed by atoms with Crippen molar-refractivity contribution in [2.75, 3.05) is 19.2 Å². The fourth-order valence-corrected chi connectivity index (χ4v) is 3.33. The molecule has 0 saturated carbocycles. The summed E-state index contributed by atoms with van der Waals surface area (Å²) >= 11 is 0. The average Bonchev–Trinajstić information content (AvgIpc) is 3.22. The molecule has 0 bridgehead atoms. The van der Waals surface area contributed by atoms with Crippen molar-refractivity contribution < 1.29 is 38.7 Å². The van der Waals surface area contributed by atoms with E-state index in [1.54, 1.807) is 36.4 Å². The van der Waals surface area contributed by atoms with Crippen molar-refractivity contribution in [3.63, 3.8) is 0 Å². The lowest BCUT2D eigenvalue weighted by Gasteiger charge is -2.25. The molecule has 2 aromatic carbocycles. The largest absolute Gasteiger partial charge is 0.504 e. The number of aromatic hydroxyl groups is 1. The highest BCUT2D eigenvalue weighted by Crippen LogP contribution is 2.36. The van der Waals surface area contributed by atoms with Gasteiger partial charge in [-0.05, 0) is 48.6 Å². The van der Waals surface area contributed by atoms with Crippen LogP contribution in [0.5, 0.6) is 23.0 Å². The summed E-state index contributed by atoms with van der Waals surface area (Å²) in [6.07, 6.45) is 2.29. The number of fused-ring (bicyclic) bond motifs is 1. The van der Waals surface area contributed by atoms with Crippen molar-refractivity contribution in [2.24, 2.45) is 5.92 Å². The van der Waals surface area contributed by atoms with Gasteiger partial charge in [-0.15, -0.1) is 0 Å². The average molecular weight is 443 g/mol. The van der Waals surface area contributed by atoms with Gasteiger partial charge in [0.2, 0.25) is 6.79 Å². The van der Waals surface area contributed by atoms with Gasteiger partial charge in [0.25, 0.3) is 0 Å². The van der Waals surface area contributed by atoms with E-state index in [1.165, 1.54) is 13.2 Å². The number of ether oxygens (including phenoxy) is 4. The van der Waals surface area contributed by atoms with Gasteiger partial charge >= 0.3 is 12.1 Å². The normalized spacial score (nSPS) is 14.1. The van der Waals surface area contributed by atoms with E-state index in [-0.39, 0.29) is 18.5 Å². The lowest BCUT2D eigenvalue weighted by molar-refractivity contribution is -0.131. The van der Waals surface area contributed by atoms with Crippen LogP contribution in [-0.4, -0.2) is 36.2 Å². The molecule has 0 unspecified atom stereocenters. The van der Waals surface area contributed by atoms with Crippen LogP contribution in [0.3, 0.4) is 0 Å². The highest BCUT2D eigenvalue weighted by molar-refractivity contribution is 5.85. The van der Waals surface area contributed by atoms with Crippen molar-refractivity contribution >= 4 is 17.7 Å². The Labute approximate surface area is 185 Å². The number of hydrogen-bond acceptors (Lipinski definition) is 7. The zero-order chi connectivity index (χ0) is 23.1. The van der Waals surface area contributed by atoms with Crippen LogP contribution in [0.15, 0.2) is 48.6 Å². The molecular weight excluding hydrogens is 418 g/mol. The minimum absolute atomic E-state index is 0.0762. The molecule has 3 rings (SSSR count). The van der Waals surface area contributed by atoms with E-state index in [9.17, 15) is 14.7 Å². The first-order chi connectivity index (χ1) is 15.4. The van der Waals surface area contributed by atoms with E-state index < -0.39 is 18.2 Å². The standard InChI is InChI=1S/C23H25NO8/c1-14(5-3-4-6-21(26)27)22(15-7-9-18(29-2)17(25)11-15)32-23(28)24-16-8-10-19-20(12-16)31-13-30-19/h4,6-12,14,22,25H,3,5,13H2,1-2H3,(H,24,28)(H,26,27)/b6-4+/t14-,22+/m1/s1. The predicted octanol–water partition coefficient (Wildman–Crippen LogP) is 4.48. The molecule has 0 spiro atoms. The number of hydrogen-bond donors (Lipinski definition) is 3. The van der Waals surface area contributed by atoms with Gasteiger partial charge in [-0.2, -0.15) is 0 Å². The topological polar surface area (TPSA) is 124 Å². The van der Waals surface area contributed by atoms with Gasteiger partial charge in [-0.3, -0.25) is 5.32 Å². The van der Waals surface area contributed by atoms with E-state index in [4.69, 9.17) is 24.1 Å². The second-order valence-electron chi connectivity index (χ2n) is 7.25. The molecule has 2 aromatic rings. The number of carbonyl (C=O) groups excluding carboxylic acids is 1. The van der Waals surface area contributed by atoms with Gasteiger partial charge < -0.3 is 29.2 Å². The third kappa shape index (κ3) is 5.84. The fourth-order valence-electron chi connectivity index (χ4n) is 3.33. The number of carboxylic acid groups (broad SMARTS) is 1. The van der Waals surface area contributed by atoms with E-state index >= 15 is 0 Å². The van der Waals surface area contributed by atoms with E-state index in [1.807, 2.05) is 6.92 Å². The van der Waals surface area contributed by atoms with Gasteiger partial charge in [0.05, 0.1) is 7.11 Å². The molecule has 0 saturated heterocycles. The van der Waals surface area contributed by atoms with Crippen LogP contribution in [0.4, 0.5) is 10.5 Å². The molecule has 0 radical (unpaired) electrons. The Morgan fingerprint density at radius 3 is 2.69 bits per heavy atom. The smallest absolute Gasteiger partial charge is 0.412 e. The Hall–Kier alpha value is -3.88. The molecule has 1 aliphatic rings. The Morgan fingerprint density at radius 2 is 1.97 bits per heavy atom. The van der Waals surface area contributed by atoms with Crippen LogP contribution in [-0.2, 0) is 9.53 Å². The number of carbonyl (C=O) groups is 2. The Kier molecular flexibility index (Phi) is 7.43. The first-order valence-electron chi connectivity index (χ1n) is 10.0. The molecule has 170 valence electrons. The summed E-state index contributed by atoms with van der Waals surface area (Å²) in [4.78, 5) is 23.3. The minimum atomic E-state index is -1.02. The molecule has 3 N–H and O–H groups in total. The van der Waals surface area contributed by atoms with Crippen molar-refractivity contribution in [1.29, 1.82) is 0 Å². The van der Waals surface area contributed by atoms with Gasteiger partial charge in [-0.25, -0.2) is 9.59 Å². The van der Waals surface area contributed by atoms with E-state index in [0.29, 0.717) is 41.3 Å². The second kappa shape index (κ2) is 10.4. The number of amides is 1. The second-order valence-corrected chi connectivity index (χ2v) is 7.25. The summed E-state index contributed by atoms with van der Waals surface area (Å²) in [6, 6.07) is 9.78. The molecule has 0 fully saturated rings. The maximum Gasteiger partial charge on any atom is 0.412 e. The van der Waals surface area contributed by atoms with Crippen molar-refractivity contribution in [1.82, 2.24) is 0 Å². The molecule has 1 heterocycles. The van der Waals surface area contributed by atoms with Crippen LogP contribution >= 0.6 is 0 Å².